The number of nitrogens with one attached hydrogen (secondary N) is 2. The van der Waals surface area contributed by atoms with Gasteiger partial charge < -0.3 is 15.7 Å². The summed E-state index contributed by atoms with van der Waals surface area (Å²) in [7, 11) is 0. The molecule has 4 heteroatoms. The van der Waals surface area contributed by atoms with E-state index in [1.165, 1.54) is 0 Å². The molecule has 0 unspecified atom stereocenters. The highest BCUT2D eigenvalue weighted by Crippen LogP contribution is 1.93. The maximum atomic E-state index is 10.0. The van der Waals surface area contributed by atoms with Crippen molar-refractivity contribution in [1.29, 1.82) is 0 Å². The van der Waals surface area contributed by atoms with Gasteiger partial charge >= 0.3 is 6.09 Å². The maximum Gasteiger partial charge on any atom is 0.404 e. The summed E-state index contributed by atoms with van der Waals surface area (Å²) in [6.45, 7) is 5.42. The van der Waals surface area contributed by atoms with Crippen LogP contribution in [0.5, 0.6) is 0 Å². The zero-order valence-electron chi connectivity index (χ0n) is 7.76. The van der Waals surface area contributed by atoms with Crippen LogP contribution in [0.2, 0.25) is 0 Å². The number of amides is 1. The Morgan fingerprint density at radius 1 is 1.33 bits per heavy atom. The van der Waals surface area contributed by atoms with Crippen LogP contribution in [0.1, 0.15) is 26.7 Å². The lowest BCUT2D eigenvalue weighted by atomic mass is 10.2. The molecule has 0 spiro atoms. The standard InChI is InChI=1S/C8H18N2O2/c1-3-7(4-2)9-5-6-10-8(11)12/h7,9-10H,3-6H2,1-2H3,(H,11,12). The summed E-state index contributed by atoms with van der Waals surface area (Å²) in [5.41, 5.74) is 0. The molecule has 0 fully saturated rings. The van der Waals surface area contributed by atoms with Gasteiger partial charge in [-0.05, 0) is 12.8 Å². The van der Waals surface area contributed by atoms with E-state index in [4.69, 9.17) is 5.11 Å². The van der Waals surface area contributed by atoms with E-state index in [2.05, 4.69) is 24.5 Å². The summed E-state index contributed by atoms with van der Waals surface area (Å²) < 4.78 is 0. The largest absolute Gasteiger partial charge is 0.465 e. The topological polar surface area (TPSA) is 61.4 Å². The lowest BCUT2D eigenvalue weighted by molar-refractivity contribution is 0.194. The van der Waals surface area contributed by atoms with E-state index in [1.807, 2.05) is 0 Å². The molecular weight excluding hydrogens is 156 g/mol. The highest BCUT2D eigenvalue weighted by atomic mass is 16.4. The second kappa shape index (κ2) is 6.91. The average molecular weight is 174 g/mol. The minimum atomic E-state index is -0.957. The van der Waals surface area contributed by atoms with Crippen LogP contribution < -0.4 is 10.6 Å². The van der Waals surface area contributed by atoms with Crippen molar-refractivity contribution in [3.8, 4) is 0 Å². The third kappa shape index (κ3) is 5.97. The molecule has 0 aliphatic rings. The van der Waals surface area contributed by atoms with Crippen molar-refractivity contribution in [2.45, 2.75) is 32.7 Å². The van der Waals surface area contributed by atoms with Gasteiger partial charge in [0.05, 0.1) is 0 Å². The number of rotatable bonds is 6. The van der Waals surface area contributed by atoms with Gasteiger partial charge in [0.1, 0.15) is 0 Å². The molecule has 0 aliphatic heterocycles. The lowest BCUT2D eigenvalue weighted by Crippen LogP contribution is -2.35. The van der Waals surface area contributed by atoms with Gasteiger partial charge in [0.2, 0.25) is 0 Å². The molecule has 72 valence electrons. The van der Waals surface area contributed by atoms with Crippen molar-refractivity contribution in [3.05, 3.63) is 0 Å². The summed E-state index contributed by atoms with van der Waals surface area (Å²) >= 11 is 0. The van der Waals surface area contributed by atoms with Gasteiger partial charge in [0.25, 0.3) is 0 Å². The molecule has 0 atom stereocenters. The van der Waals surface area contributed by atoms with Gasteiger partial charge in [-0.15, -0.1) is 0 Å². The summed E-state index contributed by atoms with van der Waals surface area (Å²) in [6, 6.07) is 0.514. The van der Waals surface area contributed by atoms with Gasteiger partial charge in [-0.1, -0.05) is 13.8 Å². The number of carboxylic acid groups (broad SMARTS) is 1. The average Bonchev–Trinajstić information content (AvgIpc) is 2.04. The Hall–Kier alpha value is -0.770. The van der Waals surface area contributed by atoms with Crippen LogP contribution in [0, 0.1) is 0 Å². The molecule has 12 heavy (non-hydrogen) atoms. The van der Waals surface area contributed by atoms with Gasteiger partial charge in [-0.3, -0.25) is 0 Å². The predicted molar refractivity (Wildman–Crippen MR) is 48.4 cm³/mol. The van der Waals surface area contributed by atoms with E-state index in [-0.39, 0.29) is 0 Å². The third-order valence-electron chi connectivity index (χ3n) is 1.82. The van der Waals surface area contributed by atoms with E-state index < -0.39 is 6.09 Å². The summed E-state index contributed by atoms with van der Waals surface area (Å²) in [4.78, 5) is 10.0. The highest BCUT2D eigenvalue weighted by Gasteiger charge is 2.00. The van der Waals surface area contributed by atoms with Crippen molar-refractivity contribution < 1.29 is 9.90 Å². The molecule has 0 saturated heterocycles. The summed E-state index contributed by atoms with van der Waals surface area (Å²) in [5.74, 6) is 0. The SMILES string of the molecule is CCC(CC)NCCNC(=O)O. The van der Waals surface area contributed by atoms with Crippen LogP contribution in [0.15, 0.2) is 0 Å². The predicted octanol–water partition coefficient (Wildman–Crippen LogP) is 1.03. The molecule has 0 rings (SSSR count). The smallest absolute Gasteiger partial charge is 0.404 e. The van der Waals surface area contributed by atoms with Crippen LogP contribution in [0.3, 0.4) is 0 Å². The van der Waals surface area contributed by atoms with E-state index in [0.717, 1.165) is 12.8 Å². The quantitative estimate of drug-likeness (QED) is 0.527. The van der Waals surface area contributed by atoms with Crippen LogP contribution in [0.4, 0.5) is 4.79 Å². The van der Waals surface area contributed by atoms with Crippen LogP contribution in [-0.2, 0) is 0 Å². The van der Waals surface area contributed by atoms with Crippen molar-refractivity contribution in [2.75, 3.05) is 13.1 Å². The normalized spacial score (nSPS) is 10.2. The summed E-state index contributed by atoms with van der Waals surface area (Å²) in [5, 5.41) is 13.8. The second-order valence-corrected chi connectivity index (χ2v) is 2.70. The molecule has 4 nitrogen and oxygen atoms in total. The lowest BCUT2D eigenvalue weighted by Gasteiger charge is -2.13. The first-order valence-corrected chi connectivity index (χ1v) is 4.40. The fourth-order valence-electron chi connectivity index (χ4n) is 1.02. The molecule has 0 bridgehead atoms. The monoisotopic (exact) mass is 174 g/mol. The maximum absolute atomic E-state index is 10.0. The van der Waals surface area contributed by atoms with E-state index in [9.17, 15) is 4.79 Å². The summed E-state index contributed by atoms with van der Waals surface area (Å²) in [6.07, 6.45) is 1.22. The highest BCUT2D eigenvalue weighted by molar-refractivity contribution is 5.64. The van der Waals surface area contributed by atoms with E-state index >= 15 is 0 Å². The Balaban J connectivity index is 3.23. The first-order chi connectivity index (χ1) is 5.70. The minimum absolute atomic E-state index is 0.478. The Kier molecular flexibility index (Phi) is 6.47. The Labute approximate surface area is 73.3 Å². The molecule has 0 aromatic carbocycles. The van der Waals surface area contributed by atoms with Crippen LogP contribution >= 0.6 is 0 Å². The molecule has 0 aromatic rings. The Bertz CT molecular complexity index is 124. The Morgan fingerprint density at radius 3 is 2.33 bits per heavy atom. The molecule has 0 saturated carbocycles. The zero-order valence-corrected chi connectivity index (χ0v) is 7.76. The molecule has 0 radical (unpaired) electrons. The number of hydrogen-bond acceptors (Lipinski definition) is 2. The minimum Gasteiger partial charge on any atom is -0.465 e. The van der Waals surface area contributed by atoms with E-state index in [1.54, 1.807) is 0 Å². The fraction of sp³-hybridized carbons (Fsp3) is 0.875. The van der Waals surface area contributed by atoms with Crippen molar-refractivity contribution in [2.24, 2.45) is 0 Å². The first kappa shape index (κ1) is 11.2. The number of hydrogen-bond donors (Lipinski definition) is 3. The van der Waals surface area contributed by atoms with Crippen molar-refractivity contribution >= 4 is 6.09 Å². The fourth-order valence-corrected chi connectivity index (χ4v) is 1.02. The third-order valence-corrected chi connectivity index (χ3v) is 1.82. The van der Waals surface area contributed by atoms with Gasteiger partial charge in [-0.25, -0.2) is 4.79 Å². The second-order valence-electron chi connectivity index (χ2n) is 2.70. The molecular formula is C8H18N2O2. The van der Waals surface area contributed by atoms with Crippen LogP contribution in [0.25, 0.3) is 0 Å². The van der Waals surface area contributed by atoms with Crippen LogP contribution in [-0.4, -0.2) is 30.3 Å². The van der Waals surface area contributed by atoms with Gasteiger partial charge in [0, 0.05) is 19.1 Å². The van der Waals surface area contributed by atoms with Crippen molar-refractivity contribution in [1.82, 2.24) is 10.6 Å². The zero-order chi connectivity index (χ0) is 9.40. The molecule has 1 amide bonds. The number of carbonyl (C=O) groups is 1. The molecule has 3 N–H and O–H groups in total. The first-order valence-electron chi connectivity index (χ1n) is 4.40. The van der Waals surface area contributed by atoms with E-state index in [0.29, 0.717) is 19.1 Å². The Morgan fingerprint density at radius 2 is 1.92 bits per heavy atom. The molecule has 0 aliphatic carbocycles. The van der Waals surface area contributed by atoms with Gasteiger partial charge in [0.15, 0.2) is 0 Å². The molecule has 0 heterocycles. The van der Waals surface area contributed by atoms with Crippen molar-refractivity contribution in [3.63, 3.8) is 0 Å². The molecule has 0 aromatic heterocycles. The van der Waals surface area contributed by atoms with Gasteiger partial charge in [-0.2, -0.15) is 0 Å².